The Bertz CT molecular complexity index is 575. The topological polar surface area (TPSA) is 85.8 Å². The van der Waals surface area contributed by atoms with Gasteiger partial charge in [-0.25, -0.2) is 4.98 Å². The summed E-state index contributed by atoms with van der Waals surface area (Å²) in [7, 11) is 0. The summed E-state index contributed by atoms with van der Waals surface area (Å²) in [6, 6.07) is 1.50. The Morgan fingerprint density at radius 2 is 2.17 bits per heavy atom. The number of rotatable bonds is 3. The molecule has 0 saturated heterocycles. The summed E-state index contributed by atoms with van der Waals surface area (Å²) in [5.74, 6) is 0.247. The third kappa shape index (κ3) is 2.13. The van der Waals surface area contributed by atoms with Crippen LogP contribution < -0.4 is 11.1 Å². The fourth-order valence-corrected chi connectivity index (χ4v) is 1.90. The van der Waals surface area contributed by atoms with Crippen LogP contribution in [0.25, 0.3) is 11.0 Å². The maximum Gasteiger partial charge on any atom is 0.243 e. The van der Waals surface area contributed by atoms with Crippen LogP contribution in [0.2, 0.25) is 0 Å². The number of nitrogens with two attached hydrogens (primary N) is 1. The molecule has 2 heterocycles. The Balaban J connectivity index is 2.41. The minimum Gasteiger partial charge on any atom is -0.369 e. The van der Waals surface area contributed by atoms with E-state index in [0.717, 1.165) is 5.52 Å². The molecule has 1 amide bonds. The smallest absolute Gasteiger partial charge is 0.243 e. The standard InChI is InChI=1S/C12H17N5O/c1-7(2)15-11(18)8(3)17-10-4-5-14-6-9(10)16-12(17)13/h4-8H,1-3H3,(H2,13,16)(H,15,18). The van der Waals surface area contributed by atoms with Gasteiger partial charge in [0.25, 0.3) is 0 Å². The number of hydrogen-bond acceptors (Lipinski definition) is 4. The van der Waals surface area contributed by atoms with Gasteiger partial charge >= 0.3 is 0 Å². The second kappa shape index (κ2) is 4.64. The van der Waals surface area contributed by atoms with Crippen molar-refractivity contribution in [2.24, 2.45) is 0 Å². The number of nitrogen functional groups attached to an aromatic ring is 1. The van der Waals surface area contributed by atoms with E-state index in [1.54, 1.807) is 30.0 Å². The lowest BCUT2D eigenvalue weighted by atomic mass is 10.2. The summed E-state index contributed by atoms with van der Waals surface area (Å²) in [6.07, 6.45) is 3.29. The summed E-state index contributed by atoms with van der Waals surface area (Å²) in [5, 5.41) is 2.86. The molecule has 0 fully saturated rings. The van der Waals surface area contributed by atoms with E-state index in [0.29, 0.717) is 11.5 Å². The molecule has 2 aromatic rings. The largest absolute Gasteiger partial charge is 0.369 e. The van der Waals surface area contributed by atoms with E-state index >= 15 is 0 Å². The number of anilines is 1. The van der Waals surface area contributed by atoms with E-state index in [9.17, 15) is 4.79 Å². The van der Waals surface area contributed by atoms with Crippen LogP contribution in [0.5, 0.6) is 0 Å². The van der Waals surface area contributed by atoms with Crippen LogP contribution in [0.3, 0.4) is 0 Å². The van der Waals surface area contributed by atoms with E-state index in [-0.39, 0.29) is 11.9 Å². The summed E-state index contributed by atoms with van der Waals surface area (Å²) >= 11 is 0. The SMILES string of the molecule is CC(C)NC(=O)C(C)n1c(N)nc2cnccc21. The van der Waals surface area contributed by atoms with Gasteiger partial charge in [0, 0.05) is 12.2 Å². The van der Waals surface area contributed by atoms with E-state index in [1.165, 1.54) is 0 Å². The van der Waals surface area contributed by atoms with Gasteiger partial charge < -0.3 is 11.1 Å². The lowest BCUT2D eigenvalue weighted by molar-refractivity contribution is -0.124. The average molecular weight is 247 g/mol. The Labute approximate surface area is 105 Å². The molecule has 18 heavy (non-hydrogen) atoms. The summed E-state index contributed by atoms with van der Waals surface area (Å²) < 4.78 is 1.72. The molecule has 2 aromatic heterocycles. The molecule has 0 aromatic carbocycles. The van der Waals surface area contributed by atoms with Crippen molar-refractivity contribution in [3.63, 3.8) is 0 Å². The number of amides is 1. The predicted molar refractivity (Wildman–Crippen MR) is 69.9 cm³/mol. The molecule has 0 bridgehead atoms. The van der Waals surface area contributed by atoms with Crippen LogP contribution >= 0.6 is 0 Å². The van der Waals surface area contributed by atoms with Gasteiger partial charge in [-0.05, 0) is 26.8 Å². The Hall–Kier alpha value is -2.11. The van der Waals surface area contributed by atoms with Crippen LogP contribution in [0.1, 0.15) is 26.8 Å². The van der Waals surface area contributed by atoms with Crippen molar-refractivity contribution in [1.82, 2.24) is 19.9 Å². The molecular formula is C12H17N5O. The van der Waals surface area contributed by atoms with Crippen molar-refractivity contribution >= 4 is 22.9 Å². The Morgan fingerprint density at radius 3 is 2.83 bits per heavy atom. The van der Waals surface area contributed by atoms with Gasteiger partial charge in [0.15, 0.2) is 0 Å². The highest BCUT2D eigenvalue weighted by Gasteiger charge is 2.20. The number of nitrogens with zero attached hydrogens (tertiary/aromatic N) is 3. The lowest BCUT2D eigenvalue weighted by Gasteiger charge is -2.17. The normalized spacial score (nSPS) is 12.9. The van der Waals surface area contributed by atoms with Gasteiger partial charge in [0.1, 0.15) is 11.6 Å². The average Bonchev–Trinajstić information content (AvgIpc) is 2.63. The van der Waals surface area contributed by atoms with Crippen LogP contribution in [0.15, 0.2) is 18.5 Å². The number of hydrogen-bond donors (Lipinski definition) is 2. The quantitative estimate of drug-likeness (QED) is 0.850. The van der Waals surface area contributed by atoms with E-state index in [4.69, 9.17) is 5.73 Å². The van der Waals surface area contributed by atoms with Crippen molar-refractivity contribution in [2.45, 2.75) is 32.9 Å². The number of carbonyl (C=O) groups excluding carboxylic acids is 1. The molecule has 0 radical (unpaired) electrons. The zero-order valence-electron chi connectivity index (χ0n) is 10.7. The van der Waals surface area contributed by atoms with Crippen LogP contribution in [0, 0.1) is 0 Å². The van der Waals surface area contributed by atoms with Crippen molar-refractivity contribution in [3.8, 4) is 0 Å². The van der Waals surface area contributed by atoms with Gasteiger partial charge in [0.2, 0.25) is 11.9 Å². The van der Waals surface area contributed by atoms with Gasteiger partial charge in [-0.2, -0.15) is 0 Å². The maximum atomic E-state index is 12.0. The second-order valence-corrected chi connectivity index (χ2v) is 4.54. The van der Waals surface area contributed by atoms with Crippen molar-refractivity contribution in [2.75, 3.05) is 5.73 Å². The van der Waals surface area contributed by atoms with Crippen LogP contribution in [-0.4, -0.2) is 26.5 Å². The molecule has 2 rings (SSSR count). The molecule has 0 aliphatic carbocycles. The minimum atomic E-state index is -0.403. The third-order valence-electron chi connectivity index (χ3n) is 2.72. The fraction of sp³-hybridized carbons (Fsp3) is 0.417. The minimum absolute atomic E-state index is 0.0761. The van der Waals surface area contributed by atoms with Gasteiger partial charge in [0.05, 0.1) is 11.7 Å². The first-order valence-electron chi connectivity index (χ1n) is 5.88. The number of pyridine rings is 1. The monoisotopic (exact) mass is 247 g/mol. The van der Waals surface area contributed by atoms with Gasteiger partial charge in [-0.1, -0.05) is 0 Å². The molecule has 1 atom stereocenters. The van der Waals surface area contributed by atoms with E-state index < -0.39 is 6.04 Å². The van der Waals surface area contributed by atoms with Crippen molar-refractivity contribution < 1.29 is 4.79 Å². The summed E-state index contributed by atoms with van der Waals surface area (Å²) in [4.78, 5) is 20.2. The highest BCUT2D eigenvalue weighted by molar-refractivity contribution is 5.85. The van der Waals surface area contributed by atoms with Crippen LogP contribution in [-0.2, 0) is 4.79 Å². The summed E-state index contributed by atoms with van der Waals surface area (Å²) in [6.45, 7) is 5.64. The summed E-state index contributed by atoms with van der Waals surface area (Å²) in [5.41, 5.74) is 7.37. The molecule has 0 saturated carbocycles. The Morgan fingerprint density at radius 1 is 1.44 bits per heavy atom. The highest BCUT2D eigenvalue weighted by Crippen LogP contribution is 2.21. The maximum absolute atomic E-state index is 12.0. The number of carbonyl (C=O) groups is 1. The molecular weight excluding hydrogens is 230 g/mol. The van der Waals surface area contributed by atoms with Crippen LogP contribution in [0.4, 0.5) is 5.95 Å². The molecule has 1 unspecified atom stereocenters. The zero-order chi connectivity index (χ0) is 13.3. The third-order valence-corrected chi connectivity index (χ3v) is 2.72. The first-order valence-corrected chi connectivity index (χ1v) is 5.88. The molecule has 0 spiro atoms. The van der Waals surface area contributed by atoms with Gasteiger partial charge in [-0.15, -0.1) is 0 Å². The van der Waals surface area contributed by atoms with E-state index in [1.807, 2.05) is 13.8 Å². The predicted octanol–water partition coefficient (Wildman–Crippen LogP) is 1.10. The molecule has 0 aliphatic heterocycles. The van der Waals surface area contributed by atoms with Crippen molar-refractivity contribution in [3.05, 3.63) is 18.5 Å². The van der Waals surface area contributed by atoms with Crippen molar-refractivity contribution in [1.29, 1.82) is 0 Å². The Kier molecular flexibility index (Phi) is 3.18. The first-order chi connectivity index (χ1) is 8.50. The number of nitrogens with one attached hydrogen (secondary N) is 1. The highest BCUT2D eigenvalue weighted by atomic mass is 16.2. The number of aromatic nitrogens is 3. The van der Waals surface area contributed by atoms with Gasteiger partial charge in [-0.3, -0.25) is 14.3 Å². The number of imidazole rings is 1. The molecule has 6 nitrogen and oxygen atoms in total. The molecule has 96 valence electrons. The molecule has 3 N–H and O–H groups in total. The first kappa shape index (κ1) is 12.3. The lowest BCUT2D eigenvalue weighted by Crippen LogP contribution is -2.36. The molecule has 6 heteroatoms. The second-order valence-electron chi connectivity index (χ2n) is 4.54. The van der Waals surface area contributed by atoms with E-state index in [2.05, 4.69) is 15.3 Å². The zero-order valence-corrected chi connectivity index (χ0v) is 10.7. The fourth-order valence-electron chi connectivity index (χ4n) is 1.90. The molecule has 0 aliphatic rings. The number of fused-ring (bicyclic) bond motifs is 1.